The summed E-state index contributed by atoms with van der Waals surface area (Å²) in [5.74, 6) is 5.92. The van der Waals surface area contributed by atoms with Crippen LogP contribution in [0.25, 0.3) is 0 Å². The van der Waals surface area contributed by atoms with Crippen LogP contribution in [0.3, 0.4) is 0 Å². The van der Waals surface area contributed by atoms with E-state index in [4.69, 9.17) is 4.74 Å². The Bertz CT molecular complexity index is 641. The molecule has 4 fully saturated rings. The van der Waals surface area contributed by atoms with Crippen molar-refractivity contribution in [1.29, 1.82) is 0 Å². The summed E-state index contributed by atoms with van der Waals surface area (Å²) in [5, 5.41) is 0. The predicted molar refractivity (Wildman–Crippen MR) is 129 cm³/mol. The second kappa shape index (κ2) is 9.02. The molecule has 2 heteroatoms. The maximum absolute atomic E-state index is 11.8. The summed E-state index contributed by atoms with van der Waals surface area (Å²) in [6, 6.07) is 0. The second-order valence-electron chi connectivity index (χ2n) is 13.1. The predicted octanol–water partition coefficient (Wildman–Crippen LogP) is 8.04. The Kier molecular flexibility index (Phi) is 6.87. The van der Waals surface area contributed by atoms with Crippen molar-refractivity contribution in [2.45, 2.75) is 125 Å². The lowest BCUT2D eigenvalue weighted by Crippen LogP contribution is -2.56. The van der Waals surface area contributed by atoms with E-state index >= 15 is 0 Å². The van der Waals surface area contributed by atoms with E-state index in [2.05, 4.69) is 34.6 Å². The molecule has 4 rings (SSSR count). The maximum atomic E-state index is 11.8. The first-order valence-electron chi connectivity index (χ1n) is 13.8. The average Bonchev–Trinajstić information content (AvgIpc) is 3.04. The fraction of sp³-hybridized carbons (Fsp3) is 0.966. The summed E-state index contributed by atoms with van der Waals surface area (Å²) in [5.41, 5.74) is 0.967. The molecule has 178 valence electrons. The molecule has 0 heterocycles. The van der Waals surface area contributed by atoms with Gasteiger partial charge in [0, 0.05) is 12.8 Å². The van der Waals surface area contributed by atoms with E-state index in [-0.39, 0.29) is 12.1 Å². The molecule has 0 radical (unpaired) electrons. The number of hydrogen-bond donors (Lipinski definition) is 0. The third kappa shape index (κ3) is 4.23. The van der Waals surface area contributed by atoms with Crippen LogP contribution < -0.4 is 0 Å². The second-order valence-corrected chi connectivity index (χ2v) is 13.1. The number of esters is 1. The van der Waals surface area contributed by atoms with Crippen molar-refractivity contribution >= 4 is 5.97 Å². The fourth-order valence-corrected chi connectivity index (χ4v) is 9.73. The van der Waals surface area contributed by atoms with Crippen LogP contribution in [0.1, 0.15) is 119 Å². The first kappa shape index (κ1) is 23.6. The van der Waals surface area contributed by atoms with Gasteiger partial charge in [-0.2, -0.15) is 0 Å². The van der Waals surface area contributed by atoms with Crippen molar-refractivity contribution in [3.05, 3.63) is 0 Å². The first-order chi connectivity index (χ1) is 14.7. The Hall–Kier alpha value is -0.530. The first-order valence-corrected chi connectivity index (χ1v) is 13.8. The minimum absolute atomic E-state index is 0.0716. The molecule has 0 unspecified atom stereocenters. The molecular weight excluding hydrogens is 380 g/mol. The normalized spacial score (nSPS) is 45.5. The van der Waals surface area contributed by atoms with Crippen LogP contribution in [0.4, 0.5) is 0 Å². The lowest BCUT2D eigenvalue weighted by molar-refractivity contribution is -0.174. The SMILES string of the molecule is CC(=O)O[C@@H]1CCC[C@]2(C)[C@@H]3CC[C@]4(C)[C@H](CC[C@@H]4[C@H](C)CCCC(C)C)[C@H]3CC[C@@H]12. The topological polar surface area (TPSA) is 26.3 Å². The zero-order valence-electron chi connectivity index (χ0n) is 21.4. The molecule has 4 aliphatic rings. The Morgan fingerprint density at radius 3 is 2.29 bits per heavy atom. The lowest BCUT2D eigenvalue weighted by Gasteiger charge is -2.61. The number of rotatable bonds is 6. The zero-order chi connectivity index (χ0) is 22.4. The standard InChI is InChI=1S/C29H50O2/c1-19(2)9-7-10-20(3)23-14-15-24-22-12-13-26-27(31-21(4)30)11-8-17-28(26,5)25(22)16-18-29(23,24)6/h19-20,22-27H,7-18H2,1-6H3/t20-,22-,23-,24-,25-,26+,27-,28-,29+/m1/s1. The van der Waals surface area contributed by atoms with Gasteiger partial charge in [-0.05, 0) is 104 Å². The summed E-state index contributed by atoms with van der Waals surface area (Å²) in [4.78, 5) is 11.8. The molecule has 31 heavy (non-hydrogen) atoms. The van der Waals surface area contributed by atoms with E-state index in [0.717, 1.165) is 41.9 Å². The Morgan fingerprint density at radius 1 is 0.871 bits per heavy atom. The van der Waals surface area contributed by atoms with Gasteiger partial charge in [0.05, 0.1) is 0 Å². The summed E-state index contributed by atoms with van der Waals surface area (Å²) >= 11 is 0. The molecule has 0 N–H and O–H groups in total. The quantitative estimate of drug-likeness (QED) is 0.398. The van der Waals surface area contributed by atoms with Crippen molar-refractivity contribution in [3.8, 4) is 0 Å². The molecule has 0 aromatic carbocycles. The van der Waals surface area contributed by atoms with Crippen LogP contribution in [0.15, 0.2) is 0 Å². The van der Waals surface area contributed by atoms with Gasteiger partial charge in [0.15, 0.2) is 0 Å². The molecule has 4 saturated carbocycles. The summed E-state index contributed by atoms with van der Waals surface area (Å²) in [6.45, 7) is 14.2. The van der Waals surface area contributed by atoms with Crippen LogP contribution in [-0.4, -0.2) is 12.1 Å². The van der Waals surface area contributed by atoms with Crippen LogP contribution in [0.5, 0.6) is 0 Å². The zero-order valence-corrected chi connectivity index (χ0v) is 21.4. The number of hydrogen-bond acceptors (Lipinski definition) is 2. The van der Waals surface area contributed by atoms with Crippen LogP contribution in [0, 0.1) is 52.3 Å². The molecule has 0 aliphatic heterocycles. The Labute approximate surface area is 192 Å². The molecule has 4 aliphatic carbocycles. The highest BCUT2D eigenvalue weighted by Crippen LogP contribution is 2.68. The number of fused-ring (bicyclic) bond motifs is 5. The van der Waals surface area contributed by atoms with E-state index in [1.807, 2.05) is 0 Å². The van der Waals surface area contributed by atoms with Gasteiger partial charge in [0.1, 0.15) is 6.10 Å². The molecule has 2 nitrogen and oxygen atoms in total. The van der Waals surface area contributed by atoms with Gasteiger partial charge in [-0.3, -0.25) is 4.79 Å². The van der Waals surface area contributed by atoms with Crippen molar-refractivity contribution in [2.75, 3.05) is 0 Å². The van der Waals surface area contributed by atoms with Gasteiger partial charge in [0.2, 0.25) is 0 Å². The van der Waals surface area contributed by atoms with Crippen LogP contribution in [0.2, 0.25) is 0 Å². The van der Waals surface area contributed by atoms with E-state index in [1.54, 1.807) is 6.92 Å². The van der Waals surface area contributed by atoms with Crippen molar-refractivity contribution in [1.82, 2.24) is 0 Å². The number of ether oxygens (including phenoxy) is 1. The van der Waals surface area contributed by atoms with Crippen molar-refractivity contribution < 1.29 is 9.53 Å². The van der Waals surface area contributed by atoms with Gasteiger partial charge in [0.25, 0.3) is 0 Å². The van der Waals surface area contributed by atoms with E-state index < -0.39 is 0 Å². The molecule has 0 aromatic heterocycles. The third-order valence-corrected chi connectivity index (χ3v) is 11.1. The minimum atomic E-state index is -0.0716. The Morgan fingerprint density at radius 2 is 1.58 bits per heavy atom. The van der Waals surface area contributed by atoms with E-state index in [0.29, 0.717) is 16.7 Å². The molecule has 0 amide bonds. The monoisotopic (exact) mass is 430 g/mol. The van der Waals surface area contributed by atoms with Gasteiger partial charge < -0.3 is 4.74 Å². The summed E-state index contributed by atoms with van der Waals surface area (Å²) in [7, 11) is 0. The van der Waals surface area contributed by atoms with Crippen molar-refractivity contribution in [3.63, 3.8) is 0 Å². The van der Waals surface area contributed by atoms with Gasteiger partial charge in [-0.25, -0.2) is 0 Å². The van der Waals surface area contributed by atoms with Gasteiger partial charge in [-0.15, -0.1) is 0 Å². The summed E-state index contributed by atoms with van der Waals surface area (Å²) < 4.78 is 5.88. The van der Waals surface area contributed by atoms with Crippen molar-refractivity contribution in [2.24, 2.45) is 52.3 Å². The van der Waals surface area contributed by atoms with Gasteiger partial charge in [-0.1, -0.05) is 53.9 Å². The highest BCUT2D eigenvalue weighted by molar-refractivity contribution is 5.66. The lowest BCUT2D eigenvalue weighted by atomic mass is 9.44. The van der Waals surface area contributed by atoms with E-state index in [1.165, 1.54) is 70.6 Å². The number of carbonyl (C=O) groups is 1. The number of carbonyl (C=O) groups excluding carboxylic acids is 1. The maximum Gasteiger partial charge on any atom is 0.302 e. The molecule has 0 saturated heterocycles. The smallest absolute Gasteiger partial charge is 0.302 e. The van der Waals surface area contributed by atoms with Crippen LogP contribution >= 0.6 is 0 Å². The summed E-state index contributed by atoms with van der Waals surface area (Å²) in [6.07, 6.45) is 16.6. The highest BCUT2D eigenvalue weighted by Gasteiger charge is 2.61. The fourth-order valence-electron chi connectivity index (χ4n) is 9.73. The Balaban J connectivity index is 1.47. The van der Waals surface area contributed by atoms with E-state index in [9.17, 15) is 4.79 Å². The molecule has 0 spiro atoms. The minimum Gasteiger partial charge on any atom is -0.462 e. The molecule has 0 bridgehead atoms. The largest absolute Gasteiger partial charge is 0.462 e. The molecular formula is C29H50O2. The molecule has 9 atom stereocenters. The van der Waals surface area contributed by atoms with Gasteiger partial charge >= 0.3 is 5.97 Å². The average molecular weight is 431 g/mol. The molecule has 0 aromatic rings. The third-order valence-electron chi connectivity index (χ3n) is 11.1. The van der Waals surface area contributed by atoms with Crippen LogP contribution in [-0.2, 0) is 9.53 Å². The highest BCUT2D eigenvalue weighted by atomic mass is 16.5.